The van der Waals surface area contributed by atoms with Crippen LogP contribution < -0.4 is 11.1 Å². The van der Waals surface area contributed by atoms with Gasteiger partial charge in [0.1, 0.15) is 0 Å². The molecule has 25 heavy (non-hydrogen) atoms. The monoisotopic (exact) mass is 360 g/mol. The van der Waals surface area contributed by atoms with Gasteiger partial charge in [0.25, 0.3) is 0 Å². The molecule has 0 aromatic heterocycles. The lowest BCUT2D eigenvalue weighted by Gasteiger charge is -2.23. The maximum absolute atomic E-state index is 12.5. The molecule has 1 unspecified atom stereocenters. The minimum atomic E-state index is -3.43. The lowest BCUT2D eigenvalue weighted by atomic mass is 9.96. The molecule has 0 spiro atoms. The first-order valence-corrected chi connectivity index (χ1v) is 9.87. The van der Waals surface area contributed by atoms with Crippen molar-refractivity contribution in [2.75, 3.05) is 5.32 Å². The van der Waals surface area contributed by atoms with Crippen molar-refractivity contribution in [1.29, 1.82) is 0 Å². The van der Waals surface area contributed by atoms with Gasteiger partial charge < -0.3 is 11.1 Å². The second-order valence-electron chi connectivity index (χ2n) is 6.39. The van der Waals surface area contributed by atoms with Crippen molar-refractivity contribution in [3.05, 3.63) is 60.2 Å². The van der Waals surface area contributed by atoms with Crippen molar-refractivity contribution in [3.63, 3.8) is 0 Å². The van der Waals surface area contributed by atoms with Crippen molar-refractivity contribution < 1.29 is 13.2 Å². The molecule has 1 amide bonds. The van der Waals surface area contributed by atoms with Crippen molar-refractivity contribution in [1.82, 2.24) is 0 Å². The van der Waals surface area contributed by atoms with Gasteiger partial charge in [-0.15, -0.1) is 0 Å². The molecule has 0 saturated carbocycles. The molecule has 0 radical (unpaired) electrons. The van der Waals surface area contributed by atoms with Crippen LogP contribution in [0.5, 0.6) is 0 Å². The molecule has 1 atom stereocenters. The molecule has 0 aliphatic heterocycles. The Morgan fingerprint density at radius 2 is 1.80 bits per heavy atom. The molecule has 0 fully saturated rings. The Hall–Kier alpha value is -2.18. The zero-order valence-corrected chi connectivity index (χ0v) is 15.3. The molecule has 0 bridgehead atoms. The summed E-state index contributed by atoms with van der Waals surface area (Å²) in [6.07, 6.45) is 1.37. The van der Waals surface area contributed by atoms with E-state index in [2.05, 4.69) is 5.32 Å². The van der Waals surface area contributed by atoms with Crippen LogP contribution >= 0.6 is 0 Å². The Morgan fingerprint density at radius 1 is 1.12 bits per heavy atom. The van der Waals surface area contributed by atoms with Crippen molar-refractivity contribution in [2.45, 2.75) is 42.9 Å². The third-order valence-corrected chi connectivity index (χ3v) is 5.64. The molecule has 2 rings (SSSR count). The number of rotatable bonds is 7. The molecule has 2 aromatic carbocycles. The molecular formula is C19H24N2O3S. The number of hydrogen-bond donors (Lipinski definition) is 2. The first-order chi connectivity index (χ1) is 11.7. The van der Waals surface area contributed by atoms with Crippen LogP contribution in [0.1, 0.15) is 32.3 Å². The van der Waals surface area contributed by atoms with Crippen LogP contribution in [0.4, 0.5) is 5.69 Å². The van der Waals surface area contributed by atoms with Gasteiger partial charge in [-0.2, -0.15) is 0 Å². The number of hydrogen-bond acceptors (Lipinski definition) is 4. The molecule has 3 N–H and O–H groups in total. The molecule has 2 aromatic rings. The van der Waals surface area contributed by atoms with E-state index in [0.29, 0.717) is 17.7 Å². The highest BCUT2D eigenvalue weighted by atomic mass is 32.2. The lowest BCUT2D eigenvalue weighted by Crippen LogP contribution is -2.48. The molecule has 0 heterocycles. The number of anilines is 1. The number of amides is 1. The topological polar surface area (TPSA) is 89.3 Å². The van der Waals surface area contributed by atoms with E-state index in [1.165, 1.54) is 0 Å². The summed E-state index contributed by atoms with van der Waals surface area (Å²) >= 11 is 0. The third kappa shape index (κ3) is 5.14. The maximum Gasteiger partial charge on any atom is 0.244 e. The smallest absolute Gasteiger partial charge is 0.244 e. The van der Waals surface area contributed by atoms with Crippen LogP contribution in [0.15, 0.2) is 59.5 Å². The standard InChI is InChI=1S/C19H24N2O3S/c1-3-12-19(2,20)18(22)21-16-9-7-8-15(13-16)14-25(23,24)17-10-5-4-6-11-17/h4-11,13H,3,12,14,20H2,1-2H3,(H,21,22). The minimum Gasteiger partial charge on any atom is -0.324 e. The van der Waals surface area contributed by atoms with Gasteiger partial charge in [0.2, 0.25) is 5.91 Å². The van der Waals surface area contributed by atoms with Gasteiger partial charge >= 0.3 is 0 Å². The number of carbonyl (C=O) groups is 1. The first kappa shape index (κ1) is 19.1. The second kappa shape index (κ2) is 7.80. The van der Waals surface area contributed by atoms with Gasteiger partial charge in [-0.05, 0) is 43.2 Å². The van der Waals surface area contributed by atoms with Crippen LogP contribution in [0.25, 0.3) is 0 Å². The van der Waals surface area contributed by atoms with Crippen molar-refractivity contribution >= 4 is 21.4 Å². The summed E-state index contributed by atoms with van der Waals surface area (Å²) in [6.45, 7) is 3.66. The van der Waals surface area contributed by atoms with Crippen LogP contribution in [-0.4, -0.2) is 19.9 Å². The molecule has 6 heteroatoms. The first-order valence-electron chi connectivity index (χ1n) is 8.22. The average molecular weight is 360 g/mol. The van der Waals surface area contributed by atoms with E-state index >= 15 is 0 Å². The fourth-order valence-electron chi connectivity index (χ4n) is 2.58. The number of benzene rings is 2. The Balaban J connectivity index is 2.15. The van der Waals surface area contributed by atoms with Gasteiger partial charge in [-0.1, -0.05) is 43.7 Å². The Morgan fingerprint density at radius 3 is 2.44 bits per heavy atom. The fourth-order valence-corrected chi connectivity index (χ4v) is 3.93. The Bertz CT molecular complexity index is 831. The predicted octanol–water partition coefficient (Wildman–Crippen LogP) is 3.12. The van der Waals surface area contributed by atoms with E-state index in [-0.39, 0.29) is 16.6 Å². The molecular weight excluding hydrogens is 336 g/mol. The maximum atomic E-state index is 12.5. The average Bonchev–Trinajstić information content (AvgIpc) is 2.55. The zero-order chi connectivity index (χ0) is 18.5. The lowest BCUT2D eigenvalue weighted by molar-refractivity contribution is -0.120. The highest BCUT2D eigenvalue weighted by molar-refractivity contribution is 7.90. The summed E-state index contributed by atoms with van der Waals surface area (Å²) in [5, 5.41) is 2.77. The number of sulfone groups is 1. The molecule has 0 saturated heterocycles. The second-order valence-corrected chi connectivity index (χ2v) is 8.38. The van der Waals surface area contributed by atoms with Gasteiger partial charge in [0.15, 0.2) is 9.84 Å². The predicted molar refractivity (Wildman–Crippen MR) is 99.9 cm³/mol. The van der Waals surface area contributed by atoms with E-state index in [9.17, 15) is 13.2 Å². The number of nitrogens with two attached hydrogens (primary N) is 1. The number of carbonyl (C=O) groups excluding carboxylic acids is 1. The highest BCUT2D eigenvalue weighted by Crippen LogP contribution is 2.20. The molecule has 0 aliphatic carbocycles. The summed E-state index contributed by atoms with van der Waals surface area (Å²) in [4.78, 5) is 12.6. The summed E-state index contributed by atoms with van der Waals surface area (Å²) < 4.78 is 24.9. The van der Waals surface area contributed by atoms with Gasteiger partial charge in [0, 0.05) is 5.69 Å². The zero-order valence-electron chi connectivity index (χ0n) is 14.5. The van der Waals surface area contributed by atoms with Crippen LogP contribution in [-0.2, 0) is 20.4 Å². The van der Waals surface area contributed by atoms with E-state index in [0.717, 1.165) is 6.42 Å². The Kier molecular flexibility index (Phi) is 5.98. The van der Waals surface area contributed by atoms with Gasteiger partial charge in [0.05, 0.1) is 16.2 Å². The summed E-state index contributed by atoms with van der Waals surface area (Å²) in [6, 6.07) is 15.1. The Labute approximate surface area is 149 Å². The minimum absolute atomic E-state index is 0.129. The summed E-state index contributed by atoms with van der Waals surface area (Å²) in [5.41, 5.74) is 6.22. The van der Waals surface area contributed by atoms with Crippen LogP contribution in [0.3, 0.4) is 0 Å². The van der Waals surface area contributed by atoms with Gasteiger partial charge in [-0.3, -0.25) is 4.79 Å². The number of nitrogens with one attached hydrogen (secondary N) is 1. The largest absolute Gasteiger partial charge is 0.324 e. The van der Waals surface area contributed by atoms with Gasteiger partial charge in [-0.25, -0.2) is 8.42 Å². The van der Waals surface area contributed by atoms with Crippen LogP contribution in [0, 0.1) is 0 Å². The quantitative estimate of drug-likeness (QED) is 0.794. The van der Waals surface area contributed by atoms with E-state index < -0.39 is 15.4 Å². The molecule has 0 aliphatic rings. The van der Waals surface area contributed by atoms with E-state index in [1.807, 2.05) is 6.92 Å². The van der Waals surface area contributed by atoms with Crippen molar-refractivity contribution in [3.8, 4) is 0 Å². The fraction of sp³-hybridized carbons (Fsp3) is 0.316. The molecule has 134 valence electrons. The normalized spacial score (nSPS) is 13.9. The van der Waals surface area contributed by atoms with Crippen molar-refractivity contribution in [2.24, 2.45) is 5.73 Å². The van der Waals surface area contributed by atoms with E-state index in [1.54, 1.807) is 61.5 Å². The highest BCUT2D eigenvalue weighted by Gasteiger charge is 2.27. The summed E-state index contributed by atoms with van der Waals surface area (Å²) in [7, 11) is -3.43. The SMILES string of the molecule is CCCC(C)(N)C(=O)Nc1cccc(CS(=O)(=O)c2ccccc2)c1. The van der Waals surface area contributed by atoms with Crippen LogP contribution in [0.2, 0.25) is 0 Å². The summed E-state index contributed by atoms with van der Waals surface area (Å²) in [5.74, 6) is -0.410. The third-order valence-electron chi connectivity index (χ3n) is 3.93. The molecule has 5 nitrogen and oxygen atoms in total. The van der Waals surface area contributed by atoms with E-state index in [4.69, 9.17) is 5.73 Å².